The van der Waals surface area contributed by atoms with E-state index in [1.165, 1.54) is 6.07 Å². The van der Waals surface area contributed by atoms with Crippen LogP contribution in [0.15, 0.2) is 29.2 Å². The Kier molecular flexibility index (Phi) is 3.61. The van der Waals surface area contributed by atoms with Gasteiger partial charge < -0.3 is 4.74 Å². The molecule has 0 aliphatic carbocycles. The van der Waals surface area contributed by atoms with Crippen molar-refractivity contribution in [1.29, 1.82) is 0 Å². The maximum atomic E-state index is 12.0. The van der Waals surface area contributed by atoms with Crippen LogP contribution >= 0.6 is 11.8 Å². The zero-order valence-electron chi connectivity index (χ0n) is 7.39. The van der Waals surface area contributed by atoms with E-state index in [1.807, 2.05) is 0 Å². The molecule has 16 heavy (non-hydrogen) atoms. The zero-order valence-corrected chi connectivity index (χ0v) is 8.21. The average Bonchev–Trinajstić information content (AvgIpc) is 2.03. The molecule has 90 valence electrons. The molecule has 0 saturated heterocycles. The molecular formula is C8H4F6OS. The van der Waals surface area contributed by atoms with Crippen LogP contribution in [-0.2, 0) is 0 Å². The Morgan fingerprint density at radius 2 is 1.50 bits per heavy atom. The van der Waals surface area contributed by atoms with E-state index in [2.05, 4.69) is 4.74 Å². The molecule has 1 aromatic rings. The topological polar surface area (TPSA) is 9.23 Å². The molecule has 0 bridgehead atoms. The van der Waals surface area contributed by atoms with Crippen LogP contribution in [0.5, 0.6) is 5.75 Å². The monoisotopic (exact) mass is 262 g/mol. The van der Waals surface area contributed by atoms with Crippen LogP contribution in [0.2, 0.25) is 0 Å². The maximum absolute atomic E-state index is 12.0. The Morgan fingerprint density at radius 3 is 2.00 bits per heavy atom. The molecule has 0 aliphatic rings. The molecule has 1 aromatic carbocycles. The lowest BCUT2D eigenvalue weighted by molar-refractivity contribution is -0.275. The van der Waals surface area contributed by atoms with Crippen molar-refractivity contribution in [1.82, 2.24) is 0 Å². The van der Waals surface area contributed by atoms with E-state index in [9.17, 15) is 26.3 Å². The fourth-order valence-corrected chi connectivity index (χ4v) is 1.47. The van der Waals surface area contributed by atoms with Crippen molar-refractivity contribution in [3.8, 4) is 5.75 Å². The van der Waals surface area contributed by atoms with Crippen LogP contribution < -0.4 is 4.74 Å². The van der Waals surface area contributed by atoms with Gasteiger partial charge in [-0.25, -0.2) is 0 Å². The molecule has 0 atom stereocenters. The Morgan fingerprint density at radius 1 is 0.938 bits per heavy atom. The largest absolute Gasteiger partial charge is 0.573 e. The molecule has 0 spiro atoms. The lowest BCUT2D eigenvalue weighted by atomic mass is 10.3. The predicted molar refractivity (Wildman–Crippen MR) is 45.0 cm³/mol. The smallest absolute Gasteiger partial charge is 0.405 e. The fraction of sp³-hybridized carbons (Fsp3) is 0.250. The lowest BCUT2D eigenvalue weighted by Gasteiger charge is -2.13. The van der Waals surface area contributed by atoms with Gasteiger partial charge in [-0.1, -0.05) is 12.1 Å². The van der Waals surface area contributed by atoms with Gasteiger partial charge in [-0.3, -0.25) is 0 Å². The second-order valence-corrected chi connectivity index (χ2v) is 3.65. The summed E-state index contributed by atoms with van der Waals surface area (Å²) in [5.41, 5.74) is -4.66. The Labute approximate surface area is 90.4 Å². The van der Waals surface area contributed by atoms with Crippen molar-refractivity contribution >= 4 is 11.8 Å². The van der Waals surface area contributed by atoms with Crippen molar-refractivity contribution in [2.45, 2.75) is 16.8 Å². The number of hydrogen-bond donors (Lipinski definition) is 0. The Balaban J connectivity index is 2.92. The molecule has 0 heterocycles. The third kappa shape index (κ3) is 4.65. The third-order valence-corrected chi connectivity index (χ3v) is 2.09. The highest BCUT2D eigenvalue weighted by Crippen LogP contribution is 2.42. The van der Waals surface area contributed by atoms with Crippen LogP contribution in [0.3, 0.4) is 0 Å². The van der Waals surface area contributed by atoms with E-state index in [1.54, 1.807) is 0 Å². The van der Waals surface area contributed by atoms with Crippen LogP contribution in [-0.4, -0.2) is 11.9 Å². The van der Waals surface area contributed by atoms with Crippen LogP contribution in [0, 0.1) is 0 Å². The summed E-state index contributed by atoms with van der Waals surface area (Å²) in [5.74, 6) is -0.864. The molecule has 0 aliphatic heterocycles. The molecule has 8 heteroatoms. The van der Waals surface area contributed by atoms with Crippen molar-refractivity contribution < 1.29 is 31.1 Å². The van der Waals surface area contributed by atoms with Crippen molar-refractivity contribution in [2.24, 2.45) is 0 Å². The van der Waals surface area contributed by atoms with Gasteiger partial charge in [-0.05, 0) is 23.9 Å². The van der Waals surface area contributed by atoms with E-state index in [-0.39, 0.29) is 0 Å². The number of para-hydroxylation sites is 1. The van der Waals surface area contributed by atoms with E-state index >= 15 is 0 Å². The second kappa shape index (κ2) is 4.44. The van der Waals surface area contributed by atoms with Gasteiger partial charge in [0.15, 0.2) is 0 Å². The quantitative estimate of drug-likeness (QED) is 0.583. The number of rotatable bonds is 2. The minimum absolute atomic E-state index is 0.632. The SMILES string of the molecule is FC(F)(F)Oc1ccccc1SC(F)(F)F. The standard InChI is InChI=1S/C8H4F6OS/c9-7(10,11)15-5-3-1-2-4-6(5)16-8(12,13)14/h1-4H. The highest BCUT2D eigenvalue weighted by Gasteiger charge is 2.35. The maximum Gasteiger partial charge on any atom is 0.573 e. The molecule has 0 aromatic heterocycles. The summed E-state index contributed by atoms with van der Waals surface area (Å²) in [4.78, 5) is -0.632. The van der Waals surface area contributed by atoms with Gasteiger partial charge >= 0.3 is 11.9 Å². The third-order valence-electron chi connectivity index (χ3n) is 1.30. The molecular weight excluding hydrogens is 258 g/mol. The Hall–Kier alpha value is -1.05. The summed E-state index contributed by atoms with van der Waals surface area (Å²) in [6.45, 7) is 0. The van der Waals surface area contributed by atoms with E-state index in [0.29, 0.717) is 0 Å². The first-order chi connectivity index (χ1) is 7.17. The van der Waals surface area contributed by atoms with Gasteiger partial charge in [-0.2, -0.15) is 13.2 Å². The van der Waals surface area contributed by atoms with Gasteiger partial charge in [0, 0.05) is 0 Å². The summed E-state index contributed by atoms with van der Waals surface area (Å²) >= 11 is -0.657. The first kappa shape index (κ1) is 13.0. The molecule has 0 radical (unpaired) electrons. The van der Waals surface area contributed by atoms with Gasteiger partial charge in [0.05, 0.1) is 4.90 Å². The number of alkyl halides is 6. The number of ether oxygens (including phenoxy) is 1. The summed E-state index contributed by atoms with van der Waals surface area (Å²) in [7, 11) is 0. The van der Waals surface area contributed by atoms with Crippen LogP contribution in [0.25, 0.3) is 0 Å². The van der Waals surface area contributed by atoms with Gasteiger partial charge in [-0.15, -0.1) is 13.2 Å². The lowest BCUT2D eigenvalue weighted by Crippen LogP contribution is -2.17. The van der Waals surface area contributed by atoms with Crippen molar-refractivity contribution in [2.75, 3.05) is 0 Å². The molecule has 0 amide bonds. The number of hydrogen-bond acceptors (Lipinski definition) is 2. The average molecular weight is 262 g/mol. The van der Waals surface area contributed by atoms with E-state index < -0.39 is 34.3 Å². The summed E-state index contributed by atoms with van der Waals surface area (Å²) in [6, 6.07) is 4.07. The minimum Gasteiger partial charge on any atom is -0.405 e. The molecule has 0 N–H and O–H groups in total. The molecule has 1 rings (SSSR count). The minimum atomic E-state index is -5.01. The van der Waals surface area contributed by atoms with Crippen molar-refractivity contribution in [3.05, 3.63) is 24.3 Å². The normalized spacial score (nSPS) is 12.6. The van der Waals surface area contributed by atoms with E-state index in [4.69, 9.17) is 0 Å². The summed E-state index contributed by atoms with van der Waals surface area (Å²) in [5, 5.41) is 0. The van der Waals surface area contributed by atoms with Gasteiger partial charge in [0.25, 0.3) is 0 Å². The molecule has 0 fully saturated rings. The zero-order chi connectivity index (χ0) is 12.4. The molecule has 1 nitrogen and oxygen atoms in total. The highest BCUT2D eigenvalue weighted by atomic mass is 32.2. The van der Waals surface area contributed by atoms with Gasteiger partial charge in [0.1, 0.15) is 5.75 Å². The summed E-state index contributed by atoms with van der Waals surface area (Å²) < 4.78 is 74.9. The number of thioether (sulfide) groups is 1. The number of benzene rings is 1. The first-order valence-corrected chi connectivity index (χ1v) is 4.59. The van der Waals surface area contributed by atoms with Crippen LogP contribution in [0.4, 0.5) is 26.3 Å². The molecule has 0 unspecified atom stereocenters. The highest BCUT2D eigenvalue weighted by molar-refractivity contribution is 8.00. The first-order valence-electron chi connectivity index (χ1n) is 3.78. The van der Waals surface area contributed by atoms with E-state index in [0.717, 1.165) is 18.2 Å². The predicted octanol–water partition coefficient (Wildman–Crippen LogP) is 4.20. The fourth-order valence-electron chi connectivity index (χ4n) is 0.868. The molecule has 0 saturated carbocycles. The van der Waals surface area contributed by atoms with Crippen LogP contribution in [0.1, 0.15) is 0 Å². The van der Waals surface area contributed by atoms with Crippen molar-refractivity contribution in [3.63, 3.8) is 0 Å². The number of halogens is 6. The Bertz CT molecular complexity index is 323. The van der Waals surface area contributed by atoms with Gasteiger partial charge in [0.2, 0.25) is 0 Å². The second-order valence-electron chi connectivity index (χ2n) is 2.54. The summed E-state index contributed by atoms with van der Waals surface area (Å²) in [6.07, 6.45) is -5.01.